The highest BCUT2D eigenvalue weighted by atomic mass is 19.1. The Labute approximate surface area is 124 Å². The lowest BCUT2D eigenvalue weighted by Gasteiger charge is -2.04. The number of carbonyl (C=O) groups is 1. The molecule has 22 heavy (non-hydrogen) atoms. The summed E-state index contributed by atoms with van der Waals surface area (Å²) >= 11 is 0. The van der Waals surface area contributed by atoms with E-state index in [-0.39, 0.29) is 23.9 Å². The number of hydrogen-bond acceptors (Lipinski definition) is 5. The highest BCUT2D eigenvalue weighted by Crippen LogP contribution is 2.15. The fourth-order valence-corrected chi connectivity index (χ4v) is 1.89. The van der Waals surface area contributed by atoms with E-state index in [1.54, 1.807) is 12.1 Å². The number of amides is 1. The fraction of sp³-hybridized carbons (Fsp3) is 0.0714. The Morgan fingerprint density at radius 2 is 2.09 bits per heavy atom. The van der Waals surface area contributed by atoms with Gasteiger partial charge in [-0.3, -0.25) is 4.79 Å². The quantitative estimate of drug-likeness (QED) is 0.761. The summed E-state index contributed by atoms with van der Waals surface area (Å²) in [5.41, 5.74) is 6.39. The van der Waals surface area contributed by atoms with E-state index in [2.05, 4.69) is 15.6 Å². The van der Waals surface area contributed by atoms with Gasteiger partial charge in [-0.1, -0.05) is 5.21 Å². The van der Waals surface area contributed by atoms with E-state index in [0.717, 1.165) is 0 Å². The first-order chi connectivity index (χ1) is 10.6. The van der Waals surface area contributed by atoms with Gasteiger partial charge in [0, 0.05) is 0 Å². The number of benzene rings is 1. The third kappa shape index (κ3) is 2.66. The van der Waals surface area contributed by atoms with Gasteiger partial charge in [-0.25, -0.2) is 4.39 Å². The average molecular weight is 301 g/mol. The molecule has 1 amide bonds. The molecule has 2 heterocycles. The third-order valence-corrected chi connectivity index (χ3v) is 2.99. The normalized spacial score (nSPS) is 10.6. The standard InChI is InChI=1S/C14H12FN5O2/c15-9-3-5-10(6-4-9)20-13(16)12(18-19-20)14(21)17-8-11-2-1-7-22-11/h1-7H,8,16H2,(H,17,21). The number of nitrogens with two attached hydrogens (primary N) is 1. The molecule has 0 unspecified atom stereocenters. The molecule has 0 aliphatic carbocycles. The smallest absolute Gasteiger partial charge is 0.276 e. The minimum atomic E-state index is -0.470. The predicted molar refractivity (Wildman–Crippen MR) is 75.6 cm³/mol. The van der Waals surface area contributed by atoms with Gasteiger partial charge in [-0.05, 0) is 36.4 Å². The van der Waals surface area contributed by atoms with E-state index in [1.807, 2.05) is 0 Å². The fourth-order valence-electron chi connectivity index (χ4n) is 1.89. The molecule has 1 aromatic carbocycles. The molecule has 0 fully saturated rings. The number of halogens is 1. The zero-order valence-corrected chi connectivity index (χ0v) is 11.4. The Balaban J connectivity index is 1.77. The molecule has 3 N–H and O–H groups in total. The summed E-state index contributed by atoms with van der Waals surface area (Å²) in [5.74, 6) is -0.164. The lowest BCUT2D eigenvalue weighted by Crippen LogP contribution is -2.24. The van der Waals surface area contributed by atoms with Crippen LogP contribution in [0.2, 0.25) is 0 Å². The Bertz CT molecular complexity index is 780. The molecule has 0 saturated carbocycles. The number of nitrogens with one attached hydrogen (secondary N) is 1. The van der Waals surface area contributed by atoms with Crippen molar-refractivity contribution in [2.75, 3.05) is 5.73 Å². The van der Waals surface area contributed by atoms with Crippen LogP contribution in [0.4, 0.5) is 10.2 Å². The summed E-state index contributed by atoms with van der Waals surface area (Å²) in [4.78, 5) is 12.1. The summed E-state index contributed by atoms with van der Waals surface area (Å²) < 4.78 is 19.3. The molecule has 0 spiro atoms. The molecule has 0 aliphatic rings. The van der Waals surface area contributed by atoms with E-state index in [4.69, 9.17) is 10.2 Å². The minimum Gasteiger partial charge on any atom is -0.467 e. The second-order valence-corrected chi connectivity index (χ2v) is 4.47. The van der Waals surface area contributed by atoms with Crippen molar-refractivity contribution in [3.05, 3.63) is 59.9 Å². The molecule has 0 atom stereocenters. The van der Waals surface area contributed by atoms with Gasteiger partial charge >= 0.3 is 0 Å². The Hall–Kier alpha value is -3.16. The zero-order chi connectivity index (χ0) is 15.5. The molecule has 3 aromatic rings. The van der Waals surface area contributed by atoms with E-state index < -0.39 is 5.91 Å². The maximum atomic E-state index is 12.9. The van der Waals surface area contributed by atoms with E-state index in [9.17, 15) is 9.18 Å². The largest absolute Gasteiger partial charge is 0.467 e. The minimum absolute atomic E-state index is 0.00381. The highest BCUT2D eigenvalue weighted by molar-refractivity contribution is 5.96. The van der Waals surface area contributed by atoms with Crippen LogP contribution >= 0.6 is 0 Å². The first-order valence-electron chi connectivity index (χ1n) is 6.43. The van der Waals surface area contributed by atoms with Crippen LogP contribution in [-0.4, -0.2) is 20.9 Å². The summed E-state index contributed by atoms with van der Waals surface area (Å²) in [5, 5.41) is 10.2. The Kier molecular flexibility index (Phi) is 3.57. The van der Waals surface area contributed by atoms with Crippen LogP contribution in [0.5, 0.6) is 0 Å². The SMILES string of the molecule is Nc1c(C(=O)NCc2ccco2)nnn1-c1ccc(F)cc1. The number of carbonyl (C=O) groups excluding carboxylic acids is 1. The monoisotopic (exact) mass is 301 g/mol. The third-order valence-electron chi connectivity index (χ3n) is 2.99. The number of hydrogen-bond donors (Lipinski definition) is 2. The van der Waals surface area contributed by atoms with Gasteiger partial charge in [0.05, 0.1) is 18.5 Å². The average Bonchev–Trinajstić information content (AvgIpc) is 3.15. The van der Waals surface area contributed by atoms with Crippen molar-refractivity contribution < 1.29 is 13.6 Å². The number of furan rings is 1. The summed E-state index contributed by atoms with van der Waals surface area (Å²) in [6.07, 6.45) is 1.51. The van der Waals surface area contributed by atoms with Crippen LogP contribution < -0.4 is 11.1 Å². The van der Waals surface area contributed by atoms with Gasteiger partial charge in [0.25, 0.3) is 5.91 Å². The summed E-state index contributed by atoms with van der Waals surface area (Å²) in [6, 6.07) is 8.98. The molecule has 0 saturated heterocycles. The summed E-state index contributed by atoms with van der Waals surface area (Å²) in [7, 11) is 0. The first-order valence-corrected chi connectivity index (χ1v) is 6.43. The first kappa shape index (κ1) is 13.8. The molecule has 8 heteroatoms. The topological polar surface area (TPSA) is 99.0 Å². The van der Waals surface area contributed by atoms with E-state index in [0.29, 0.717) is 11.4 Å². The lowest BCUT2D eigenvalue weighted by atomic mass is 10.3. The van der Waals surface area contributed by atoms with Crippen molar-refractivity contribution in [3.63, 3.8) is 0 Å². The molecule has 2 aromatic heterocycles. The maximum absolute atomic E-state index is 12.9. The lowest BCUT2D eigenvalue weighted by molar-refractivity contribution is 0.0944. The van der Waals surface area contributed by atoms with Crippen LogP contribution in [-0.2, 0) is 6.54 Å². The van der Waals surface area contributed by atoms with Crippen LogP contribution in [0, 0.1) is 5.82 Å². The van der Waals surface area contributed by atoms with Crippen molar-refractivity contribution in [2.24, 2.45) is 0 Å². The molecule has 3 rings (SSSR count). The zero-order valence-electron chi connectivity index (χ0n) is 11.4. The van der Waals surface area contributed by atoms with Gasteiger partial charge in [-0.2, -0.15) is 4.68 Å². The summed E-state index contributed by atoms with van der Waals surface area (Å²) in [6.45, 7) is 0.217. The van der Waals surface area contributed by atoms with Crippen molar-refractivity contribution in [1.29, 1.82) is 0 Å². The van der Waals surface area contributed by atoms with Crippen LogP contribution in [0.15, 0.2) is 47.1 Å². The van der Waals surface area contributed by atoms with Crippen molar-refractivity contribution in [2.45, 2.75) is 6.54 Å². The van der Waals surface area contributed by atoms with Gasteiger partial charge in [0.2, 0.25) is 0 Å². The van der Waals surface area contributed by atoms with Crippen molar-refractivity contribution >= 4 is 11.7 Å². The molecular formula is C14H12FN5O2. The van der Waals surface area contributed by atoms with Gasteiger partial charge in [-0.15, -0.1) is 5.10 Å². The van der Waals surface area contributed by atoms with E-state index in [1.165, 1.54) is 35.2 Å². The second kappa shape index (κ2) is 5.68. The molecule has 0 bridgehead atoms. The van der Waals surface area contributed by atoms with Crippen molar-refractivity contribution in [3.8, 4) is 5.69 Å². The van der Waals surface area contributed by atoms with Gasteiger partial charge < -0.3 is 15.5 Å². The number of nitrogens with zero attached hydrogens (tertiary/aromatic N) is 3. The maximum Gasteiger partial charge on any atom is 0.276 e. The number of aromatic nitrogens is 3. The predicted octanol–water partition coefficient (Wildman–Crippen LogP) is 1.51. The van der Waals surface area contributed by atoms with Crippen molar-refractivity contribution in [1.82, 2.24) is 20.3 Å². The van der Waals surface area contributed by atoms with Crippen LogP contribution in [0.3, 0.4) is 0 Å². The number of rotatable bonds is 4. The molecular weight excluding hydrogens is 289 g/mol. The van der Waals surface area contributed by atoms with Gasteiger partial charge in [0.1, 0.15) is 11.6 Å². The second-order valence-electron chi connectivity index (χ2n) is 4.47. The molecule has 0 radical (unpaired) electrons. The number of nitrogen functional groups attached to an aromatic ring is 1. The molecule has 0 aliphatic heterocycles. The molecule has 112 valence electrons. The van der Waals surface area contributed by atoms with Gasteiger partial charge in [0.15, 0.2) is 11.5 Å². The Morgan fingerprint density at radius 3 is 2.77 bits per heavy atom. The molecule has 7 nitrogen and oxygen atoms in total. The Morgan fingerprint density at radius 1 is 1.32 bits per heavy atom. The van der Waals surface area contributed by atoms with E-state index >= 15 is 0 Å². The number of anilines is 1. The highest BCUT2D eigenvalue weighted by Gasteiger charge is 2.18. The van der Waals surface area contributed by atoms with Crippen LogP contribution in [0.1, 0.15) is 16.2 Å². The van der Waals surface area contributed by atoms with Crippen LogP contribution in [0.25, 0.3) is 5.69 Å².